The average molecular weight is 340 g/mol. The van der Waals surface area contributed by atoms with Crippen LogP contribution in [0, 0.1) is 11.3 Å². The molecule has 0 aromatic rings. The van der Waals surface area contributed by atoms with E-state index in [9.17, 15) is 4.79 Å². The molecule has 1 aliphatic heterocycles. The lowest BCUT2D eigenvalue weighted by Crippen LogP contribution is -2.52. The summed E-state index contributed by atoms with van der Waals surface area (Å²) in [4.78, 5) is 14.4. The van der Waals surface area contributed by atoms with Crippen molar-refractivity contribution in [3.8, 4) is 0 Å². The van der Waals surface area contributed by atoms with Crippen molar-refractivity contribution in [2.24, 2.45) is 17.1 Å². The van der Waals surface area contributed by atoms with Crippen LogP contribution in [-0.4, -0.2) is 48.8 Å². The summed E-state index contributed by atoms with van der Waals surface area (Å²) >= 11 is 0. The highest BCUT2D eigenvalue weighted by atomic mass is 16.6. The fraction of sp³-hybridized carbons (Fsp3) is 0.947. The van der Waals surface area contributed by atoms with E-state index in [1.807, 2.05) is 25.7 Å². The number of nitrogens with zero attached hydrogens (tertiary/aromatic N) is 1. The Labute approximate surface area is 147 Å². The number of piperidine rings is 1. The average Bonchev–Trinajstić information content (AvgIpc) is 2.99. The van der Waals surface area contributed by atoms with Crippen LogP contribution in [0.15, 0.2) is 0 Å². The molecule has 140 valence electrons. The minimum absolute atomic E-state index is 0.164. The van der Waals surface area contributed by atoms with Gasteiger partial charge in [-0.15, -0.1) is 0 Å². The fourth-order valence-corrected chi connectivity index (χ4v) is 4.18. The van der Waals surface area contributed by atoms with Crippen molar-refractivity contribution >= 4 is 6.09 Å². The SMILES string of the molecule is CCC1(CNC2CCCC2CN)CCCN(C(=O)OC(C)(C)C)C1. The molecule has 0 bridgehead atoms. The number of ether oxygens (including phenoxy) is 1. The van der Waals surface area contributed by atoms with Crippen LogP contribution >= 0.6 is 0 Å². The molecular weight excluding hydrogens is 302 g/mol. The normalized spacial score (nSPS) is 31.3. The van der Waals surface area contributed by atoms with E-state index in [0.717, 1.165) is 39.0 Å². The van der Waals surface area contributed by atoms with Crippen molar-refractivity contribution in [3.63, 3.8) is 0 Å². The molecule has 2 fully saturated rings. The van der Waals surface area contributed by atoms with Gasteiger partial charge < -0.3 is 20.7 Å². The van der Waals surface area contributed by atoms with Crippen LogP contribution < -0.4 is 11.1 Å². The summed E-state index contributed by atoms with van der Waals surface area (Å²) in [5.74, 6) is 0.615. The molecule has 0 radical (unpaired) electrons. The predicted molar refractivity (Wildman–Crippen MR) is 98.0 cm³/mol. The van der Waals surface area contributed by atoms with Gasteiger partial charge in [-0.05, 0) is 65.3 Å². The third-order valence-corrected chi connectivity index (χ3v) is 5.76. The Morgan fingerprint density at radius 3 is 2.71 bits per heavy atom. The Kier molecular flexibility index (Phi) is 6.54. The zero-order chi connectivity index (χ0) is 17.8. The van der Waals surface area contributed by atoms with Crippen molar-refractivity contribution in [2.75, 3.05) is 26.2 Å². The first-order valence-corrected chi connectivity index (χ1v) is 9.70. The number of nitrogens with two attached hydrogens (primary N) is 1. The number of rotatable bonds is 5. The first kappa shape index (κ1) is 19.5. The molecule has 0 spiro atoms. The molecule has 3 atom stereocenters. The van der Waals surface area contributed by atoms with E-state index in [1.165, 1.54) is 25.7 Å². The van der Waals surface area contributed by atoms with Gasteiger partial charge in [-0.3, -0.25) is 0 Å². The van der Waals surface area contributed by atoms with Crippen molar-refractivity contribution in [3.05, 3.63) is 0 Å². The van der Waals surface area contributed by atoms with E-state index in [2.05, 4.69) is 12.2 Å². The summed E-state index contributed by atoms with van der Waals surface area (Å²) in [5, 5.41) is 3.79. The highest BCUT2D eigenvalue weighted by Crippen LogP contribution is 2.34. The lowest BCUT2D eigenvalue weighted by molar-refractivity contribution is 0.00279. The van der Waals surface area contributed by atoms with E-state index in [4.69, 9.17) is 10.5 Å². The molecule has 2 aliphatic rings. The van der Waals surface area contributed by atoms with Gasteiger partial charge >= 0.3 is 6.09 Å². The molecule has 5 nitrogen and oxygen atoms in total. The van der Waals surface area contributed by atoms with Crippen molar-refractivity contribution in [2.45, 2.75) is 77.9 Å². The first-order valence-electron chi connectivity index (χ1n) is 9.70. The van der Waals surface area contributed by atoms with Gasteiger partial charge in [0, 0.05) is 31.1 Å². The third kappa shape index (κ3) is 5.09. The van der Waals surface area contributed by atoms with E-state index in [-0.39, 0.29) is 11.5 Å². The first-order chi connectivity index (χ1) is 11.3. The second-order valence-electron chi connectivity index (χ2n) is 8.77. The van der Waals surface area contributed by atoms with Crippen LogP contribution in [0.4, 0.5) is 4.79 Å². The van der Waals surface area contributed by atoms with E-state index in [0.29, 0.717) is 12.0 Å². The molecule has 0 aromatic carbocycles. The van der Waals surface area contributed by atoms with Crippen LogP contribution in [0.3, 0.4) is 0 Å². The van der Waals surface area contributed by atoms with Crippen LogP contribution in [-0.2, 0) is 4.74 Å². The van der Waals surface area contributed by atoms with Crippen molar-refractivity contribution in [1.29, 1.82) is 0 Å². The van der Waals surface area contributed by atoms with Crippen molar-refractivity contribution < 1.29 is 9.53 Å². The molecule has 3 unspecified atom stereocenters. The number of nitrogens with one attached hydrogen (secondary N) is 1. The zero-order valence-corrected chi connectivity index (χ0v) is 16.1. The molecule has 1 saturated heterocycles. The Morgan fingerprint density at radius 2 is 2.08 bits per heavy atom. The summed E-state index contributed by atoms with van der Waals surface area (Å²) in [6, 6.07) is 0.551. The summed E-state index contributed by atoms with van der Waals surface area (Å²) in [6.07, 6.45) is 6.91. The molecule has 2 rings (SSSR count). The topological polar surface area (TPSA) is 67.6 Å². The maximum absolute atomic E-state index is 12.4. The lowest BCUT2D eigenvalue weighted by Gasteiger charge is -2.43. The van der Waals surface area contributed by atoms with E-state index >= 15 is 0 Å². The molecule has 1 aliphatic carbocycles. The molecule has 3 N–H and O–H groups in total. The summed E-state index contributed by atoms with van der Waals surface area (Å²) in [5.41, 5.74) is 5.64. The molecule has 1 heterocycles. The highest BCUT2D eigenvalue weighted by Gasteiger charge is 2.38. The zero-order valence-electron chi connectivity index (χ0n) is 16.1. The maximum atomic E-state index is 12.4. The highest BCUT2D eigenvalue weighted by molar-refractivity contribution is 5.68. The van der Waals surface area contributed by atoms with Gasteiger partial charge in [0.1, 0.15) is 5.60 Å². The van der Waals surface area contributed by atoms with Gasteiger partial charge in [-0.2, -0.15) is 0 Å². The van der Waals surface area contributed by atoms with Gasteiger partial charge in [0.15, 0.2) is 0 Å². The minimum atomic E-state index is -0.431. The molecule has 1 amide bonds. The number of hydrogen-bond acceptors (Lipinski definition) is 4. The van der Waals surface area contributed by atoms with Gasteiger partial charge in [-0.25, -0.2) is 4.79 Å². The van der Waals surface area contributed by atoms with Gasteiger partial charge in [0.25, 0.3) is 0 Å². The Morgan fingerprint density at radius 1 is 1.33 bits per heavy atom. The molecule has 24 heavy (non-hydrogen) atoms. The third-order valence-electron chi connectivity index (χ3n) is 5.76. The maximum Gasteiger partial charge on any atom is 0.410 e. The standard InChI is InChI=1S/C19H37N3O2/c1-5-19(13-21-16-9-6-8-15(16)12-20)10-7-11-22(14-19)17(23)24-18(2,3)4/h15-16,21H,5-14,20H2,1-4H3. The summed E-state index contributed by atoms with van der Waals surface area (Å²) < 4.78 is 5.58. The smallest absolute Gasteiger partial charge is 0.410 e. The number of likely N-dealkylation sites (tertiary alicyclic amines) is 1. The number of hydrogen-bond donors (Lipinski definition) is 2. The van der Waals surface area contributed by atoms with Crippen LogP contribution in [0.25, 0.3) is 0 Å². The van der Waals surface area contributed by atoms with Crippen LogP contribution in [0.5, 0.6) is 0 Å². The monoisotopic (exact) mass is 339 g/mol. The summed E-state index contributed by atoms with van der Waals surface area (Å²) in [7, 11) is 0. The fourth-order valence-electron chi connectivity index (χ4n) is 4.18. The van der Waals surface area contributed by atoms with E-state index in [1.54, 1.807) is 0 Å². The Balaban J connectivity index is 1.94. The largest absolute Gasteiger partial charge is 0.444 e. The molecule has 5 heteroatoms. The van der Waals surface area contributed by atoms with Gasteiger partial charge in [0.05, 0.1) is 0 Å². The Hall–Kier alpha value is -0.810. The minimum Gasteiger partial charge on any atom is -0.444 e. The Bertz CT molecular complexity index is 421. The van der Waals surface area contributed by atoms with Crippen LogP contribution in [0.1, 0.15) is 66.2 Å². The molecular formula is C19H37N3O2. The van der Waals surface area contributed by atoms with Crippen molar-refractivity contribution in [1.82, 2.24) is 10.2 Å². The second-order valence-corrected chi connectivity index (χ2v) is 8.77. The summed E-state index contributed by atoms with van der Waals surface area (Å²) in [6.45, 7) is 11.4. The molecule has 1 saturated carbocycles. The molecule has 0 aromatic heterocycles. The second kappa shape index (κ2) is 8.05. The van der Waals surface area contributed by atoms with Crippen LogP contribution in [0.2, 0.25) is 0 Å². The quantitative estimate of drug-likeness (QED) is 0.807. The number of carbonyl (C=O) groups excluding carboxylic acids is 1. The number of amides is 1. The van der Waals surface area contributed by atoms with Gasteiger partial charge in [0.2, 0.25) is 0 Å². The van der Waals surface area contributed by atoms with E-state index < -0.39 is 5.60 Å². The lowest BCUT2D eigenvalue weighted by atomic mass is 9.77. The number of carbonyl (C=O) groups is 1. The van der Waals surface area contributed by atoms with Gasteiger partial charge in [-0.1, -0.05) is 13.3 Å². The predicted octanol–water partition coefficient (Wildman–Crippen LogP) is 3.13.